The third-order valence-corrected chi connectivity index (χ3v) is 6.38. The van der Waals surface area contributed by atoms with Gasteiger partial charge in [0.05, 0.1) is 34.5 Å². The molecule has 3 aromatic rings. The maximum absolute atomic E-state index is 13.5. The van der Waals surface area contributed by atoms with E-state index in [1.807, 2.05) is 48.7 Å². The second-order valence-corrected chi connectivity index (χ2v) is 8.45. The number of aryl methyl sites for hydroxylation is 1. The van der Waals surface area contributed by atoms with Crippen molar-refractivity contribution in [2.75, 3.05) is 16.8 Å². The van der Waals surface area contributed by atoms with Crippen LogP contribution in [-0.4, -0.2) is 29.0 Å². The molecule has 0 radical (unpaired) electrons. The van der Waals surface area contributed by atoms with Gasteiger partial charge in [0.1, 0.15) is 6.07 Å². The van der Waals surface area contributed by atoms with E-state index in [9.17, 15) is 20.5 Å². The Bertz CT molecular complexity index is 1200. The Morgan fingerprint density at radius 1 is 1.27 bits per heavy atom. The fourth-order valence-electron chi connectivity index (χ4n) is 3.92. The molecule has 0 fully saturated rings. The first-order valence-electron chi connectivity index (χ1n) is 10.3. The van der Waals surface area contributed by atoms with E-state index in [0.717, 1.165) is 16.0 Å². The van der Waals surface area contributed by atoms with Crippen molar-refractivity contribution in [2.24, 2.45) is 5.10 Å². The summed E-state index contributed by atoms with van der Waals surface area (Å²) in [6, 6.07) is 19.5. The monoisotopic (exact) mass is 461 g/mol. The van der Waals surface area contributed by atoms with E-state index in [-0.39, 0.29) is 17.5 Å². The number of thiophene rings is 1. The normalized spacial score (nSPS) is 19.7. The summed E-state index contributed by atoms with van der Waals surface area (Å²) in [7, 11) is 0. The van der Waals surface area contributed by atoms with Gasteiger partial charge < -0.3 is 15.2 Å². The van der Waals surface area contributed by atoms with Crippen molar-refractivity contribution < 1.29 is 14.7 Å². The van der Waals surface area contributed by atoms with Gasteiger partial charge in [-0.05, 0) is 55.1 Å². The molecule has 9 heteroatoms. The van der Waals surface area contributed by atoms with Crippen LogP contribution < -0.4 is 10.2 Å². The van der Waals surface area contributed by atoms with Gasteiger partial charge in [0.25, 0.3) is 5.54 Å². The van der Waals surface area contributed by atoms with E-state index in [1.54, 1.807) is 6.92 Å². The summed E-state index contributed by atoms with van der Waals surface area (Å²) in [6.45, 7) is 3.74. The molecule has 0 spiro atoms. The van der Waals surface area contributed by atoms with E-state index in [0.29, 0.717) is 11.4 Å². The summed E-state index contributed by atoms with van der Waals surface area (Å²) in [5.74, 6) is -1.45. The van der Waals surface area contributed by atoms with Crippen LogP contribution in [0.5, 0.6) is 0 Å². The Kier molecular flexibility index (Phi) is 6.16. The highest BCUT2D eigenvalue weighted by Crippen LogP contribution is 2.46. The van der Waals surface area contributed by atoms with E-state index in [2.05, 4.69) is 6.07 Å². The number of hydrazone groups is 1. The summed E-state index contributed by atoms with van der Waals surface area (Å²) in [4.78, 5) is 14.3. The fraction of sp³-hybridized carbons (Fsp3) is 0.208. The van der Waals surface area contributed by atoms with Crippen molar-refractivity contribution in [2.45, 2.75) is 25.3 Å². The van der Waals surface area contributed by atoms with Crippen molar-refractivity contribution >= 4 is 34.4 Å². The number of esters is 1. The zero-order valence-electron chi connectivity index (χ0n) is 18.0. The molecule has 1 aliphatic rings. The summed E-state index contributed by atoms with van der Waals surface area (Å²) in [6.07, 6.45) is 0. The topological polar surface area (TPSA) is 112 Å². The maximum Gasteiger partial charge on any atom is 0.350 e. The molecule has 1 aromatic heterocycles. The summed E-state index contributed by atoms with van der Waals surface area (Å²) in [5.41, 5.74) is 0.960. The van der Waals surface area contributed by atoms with E-state index >= 15 is 0 Å². The molecule has 0 unspecified atom stereocenters. The van der Waals surface area contributed by atoms with Crippen LogP contribution in [0.2, 0.25) is 0 Å². The average molecular weight is 462 g/mol. The Morgan fingerprint density at radius 2 is 1.97 bits per heavy atom. The Morgan fingerprint density at radius 3 is 2.52 bits per heavy atom. The Labute approximate surface area is 195 Å². The van der Waals surface area contributed by atoms with E-state index in [4.69, 9.17) is 9.84 Å². The van der Waals surface area contributed by atoms with Crippen molar-refractivity contribution in [3.8, 4) is 6.07 Å². The molecule has 33 heavy (non-hydrogen) atoms. The lowest BCUT2D eigenvalue weighted by Crippen LogP contribution is -2.54. The maximum atomic E-state index is 13.5. The number of carbonyl (C=O) groups excluding carboxylic acids is 1. The zero-order chi connectivity index (χ0) is 23.6. The second-order valence-electron chi connectivity index (χ2n) is 7.51. The molecular weight excluding hydrogens is 440 g/mol. The highest BCUT2D eigenvalue weighted by Gasteiger charge is 2.60. The summed E-state index contributed by atoms with van der Waals surface area (Å²) >= 11 is 1.46. The number of anilines is 2. The third-order valence-electron chi connectivity index (χ3n) is 5.49. The summed E-state index contributed by atoms with van der Waals surface area (Å²) in [5, 5.41) is 38.7. The lowest BCUT2D eigenvalue weighted by Gasteiger charge is -2.34. The molecule has 2 heterocycles. The van der Waals surface area contributed by atoms with Crippen LogP contribution in [0.15, 0.2) is 71.1 Å². The quantitative estimate of drug-likeness (QED) is 0.422. The molecule has 2 aromatic carbocycles. The standard InChI is InChI=1S/C24H21N4O4S/c1-3-32-23(29)24(15-25)21(17-8-6-16(2)7-9-17)22(20-5-4-14-33-20)26-27(24)18-10-12-19(13-11-18)28(30)31/h4-14,21,30H,3H2,1-2H3/q-1/t21-,24-/m0/s1. The van der Waals surface area contributed by atoms with Crippen LogP contribution >= 0.6 is 11.3 Å². The molecule has 0 bridgehead atoms. The Balaban J connectivity index is 1.96. The van der Waals surface area contributed by atoms with Crippen LogP contribution in [0.25, 0.3) is 0 Å². The predicted molar refractivity (Wildman–Crippen MR) is 126 cm³/mol. The van der Waals surface area contributed by atoms with Gasteiger partial charge >= 0.3 is 5.97 Å². The minimum absolute atomic E-state index is 0.00850. The fourth-order valence-corrected chi connectivity index (χ4v) is 4.66. The molecule has 168 valence electrons. The molecule has 0 aliphatic carbocycles. The first-order chi connectivity index (χ1) is 15.9. The lowest BCUT2D eigenvalue weighted by molar-refractivity contribution is -0.147. The van der Waals surface area contributed by atoms with Crippen LogP contribution in [0.3, 0.4) is 0 Å². The van der Waals surface area contributed by atoms with Gasteiger partial charge in [0, 0.05) is 0 Å². The molecule has 1 N–H and O–H groups in total. The molecule has 2 atom stereocenters. The number of ether oxygens (including phenoxy) is 1. The summed E-state index contributed by atoms with van der Waals surface area (Å²) < 4.78 is 5.40. The van der Waals surface area contributed by atoms with Gasteiger partial charge in [-0.1, -0.05) is 35.9 Å². The van der Waals surface area contributed by atoms with Crippen LogP contribution in [0.4, 0.5) is 11.4 Å². The van der Waals surface area contributed by atoms with Gasteiger partial charge in [-0.3, -0.25) is 5.21 Å². The SMILES string of the molecule is CCOC(=O)[C@]1(C#N)[C@@H](c2ccc(C)cc2)C(c2cccs2)=NN1c1ccc(N([O-])O)cc1. The second kappa shape index (κ2) is 9.03. The zero-order valence-corrected chi connectivity index (χ0v) is 18.8. The average Bonchev–Trinajstić information content (AvgIpc) is 3.46. The van der Waals surface area contributed by atoms with Crippen LogP contribution in [0.1, 0.15) is 28.8 Å². The van der Waals surface area contributed by atoms with Crippen molar-refractivity contribution in [1.82, 2.24) is 0 Å². The van der Waals surface area contributed by atoms with Crippen LogP contribution in [0, 0.1) is 23.5 Å². The molecular formula is C24H21N4O4S-. The van der Waals surface area contributed by atoms with Gasteiger partial charge in [0.2, 0.25) is 0 Å². The van der Waals surface area contributed by atoms with Crippen molar-refractivity contribution in [3.05, 3.63) is 87.3 Å². The smallest absolute Gasteiger partial charge is 0.350 e. The van der Waals surface area contributed by atoms with Crippen molar-refractivity contribution in [1.29, 1.82) is 5.26 Å². The molecule has 0 saturated heterocycles. The number of nitrogens with zero attached hydrogens (tertiary/aromatic N) is 4. The number of nitriles is 1. The van der Waals surface area contributed by atoms with E-state index < -0.39 is 17.4 Å². The lowest BCUT2D eigenvalue weighted by atomic mass is 9.77. The van der Waals surface area contributed by atoms with E-state index in [1.165, 1.54) is 40.6 Å². The predicted octanol–water partition coefficient (Wildman–Crippen LogP) is 4.58. The van der Waals surface area contributed by atoms with Gasteiger partial charge in [-0.25, -0.2) is 9.80 Å². The number of hydrogen-bond acceptors (Lipinski definition) is 9. The molecule has 0 saturated carbocycles. The van der Waals surface area contributed by atoms with Crippen LogP contribution in [-0.2, 0) is 9.53 Å². The van der Waals surface area contributed by atoms with Crippen molar-refractivity contribution in [3.63, 3.8) is 0 Å². The van der Waals surface area contributed by atoms with Gasteiger partial charge in [-0.15, -0.1) is 11.3 Å². The highest BCUT2D eigenvalue weighted by atomic mass is 32.1. The molecule has 1 aliphatic heterocycles. The van der Waals surface area contributed by atoms with Gasteiger partial charge in [-0.2, -0.15) is 10.4 Å². The minimum atomic E-state index is -1.82. The number of carbonyl (C=O) groups is 1. The number of rotatable bonds is 6. The molecule has 8 nitrogen and oxygen atoms in total. The number of hydrogen-bond donors (Lipinski definition) is 1. The van der Waals surface area contributed by atoms with Gasteiger partial charge in [0.15, 0.2) is 0 Å². The first kappa shape index (κ1) is 22.5. The largest absolute Gasteiger partial charge is 0.733 e. The Hall–Kier alpha value is -3.71. The minimum Gasteiger partial charge on any atom is -0.733 e. The molecule has 4 rings (SSSR count). The molecule has 0 amide bonds. The first-order valence-corrected chi connectivity index (χ1v) is 11.1. The third kappa shape index (κ3) is 3.85. The highest BCUT2D eigenvalue weighted by molar-refractivity contribution is 7.12. The number of benzene rings is 2.